The van der Waals surface area contributed by atoms with Crippen molar-refractivity contribution in [1.82, 2.24) is 4.90 Å². The Bertz CT molecular complexity index is 127. The van der Waals surface area contributed by atoms with E-state index in [1.807, 2.05) is 0 Å². The molecule has 0 amide bonds. The molecule has 0 saturated carbocycles. The molecule has 1 heteroatoms. The summed E-state index contributed by atoms with van der Waals surface area (Å²) in [6, 6.07) is 0. The Morgan fingerprint density at radius 3 is 3.00 bits per heavy atom. The van der Waals surface area contributed by atoms with E-state index < -0.39 is 0 Å². The quantitative estimate of drug-likeness (QED) is 0.464. The van der Waals surface area contributed by atoms with E-state index in [0.717, 1.165) is 6.54 Å². The van der Waals surface area contributed by atoms with Gasteiger partial charge in [-0.25, -0.2) is 0 Å². The van der Waals surface area contributed by atoms with Gasteiger partial charge in [-0.15, -0.1) is 0 Å². The molecular formula is C9H17N. The first-order valence-corrected chi connectivity index (χ1v) is 4.13. The molecule has 58 valence electrons. The standard InChI is InChI=1S/C9H17N/c1-9-5-3-4-7-10(2)8-6-9/h6H,3-5,7-8H2,1-2H3/b9-6-. The van der Waals surface area contributed by atoms with E-state index in [2.05, 4.69) is 24.9 Å². The second kappa shape index (κ2) is 3.77. The minimum absolute atomic E-state index is 1.14. The fourth-order valence-electron chi connectivity index (χ4n) is 1.29. The summed E-state index contributed by atoms with van der Waals surface area (Å²) in [4.78, 5) is 2.38. The number of allylic oxidation sites excluding steroid dienone is 1. The van der Waals surface area contributed by atoms with Crippen molar-refractivity contribution < 1.29 is 0 Å². The lowest BCUT2D eigenvalue weighted by Gasteiger charge is -2.17. The third kappa shape index (κ3) is 2.53. The number of rotatable bonds is 0. The van der Waals surface area contributed by atoms with Gasteiger partial charge in [-0.2, -0.15) is 0 Å². The average molecular weight is 139 g/mol. The first kappa shape index (κ1) is 7.80. The van der Waals surface area contributed by atoms with Gasteiger partial charge in [0.05, 0.1) is 0 Å². The SMILES string of the molecule is C/C1=C/CN(C)CCCC1. The predicted molar refractivity (Wildman–Crippen MR) is 45.1 cm³/mol. The molecule has 1 aliphatic heterocycles. The van der Waals surface area contributed by atoms with Crippen LogP contribution in [0.2, 0.25) is 0 Å². The summed E-state index contributed by atoms with van der Waals surface area (Å²) in [6.45, 7) is 4.65. The predicted octanol–water partition coefficient (Wildman–Crippen LogP) is 2.05. The molecule has 0 unspecified atom stereocenters. The minimum Gasteiger partial charge on any atom is -0.303 e. The highest BCUT2D eigenvalue weighted by molar-refractivity contribution is 4.99. The zero-order valence-corrected chi connectivity index (χ0v) is 7.06. The Morgan fingerprint density at radius 2 is 2.20 bits per heavy atom. The molecule has 0 saturated heterocycles. The number of hydrogen-bond donors (Lipinski definition) is 0. The number of nitrogens with zero attached hydrogens (tertiary/aromatic N) is 1. The summed E-state index contributed by atoms with van der Waals surface area (Å²) in [5, 5.41) is 0. The van der Waals surface area contributed by atoms with Gasteiger partial charge in [-0.3, -0.25) is 0 Å². The zero-order chi connectivity index (χ0) is 7.40. The van der Waals surface area contributed by atoms with Gasteiger partial charge in [0.1, 0.15) is 0 Å². The molecule has 0 radical (unpaired) electrons. The molecule has 10 heavy (non-hydrogen) atoms. The van der Waals surface area contributed by atoms with Gasteiger partial charge < -0.3 is 4.90 Å². The van der Waals surface area contributed by atoms with Crippen LogP contribution in [0.15, 0.2) is 11.6 Å². The lowest BCUT2D eigenvalue weighted by molar-refractivity contribution is 0.352. The lowest BCUT2D eigenvalue weighted by Crippen LogP contribution is -2.20. The van der Waals surface area contributed by atoms with Crippen LogP contribution in [0.1, 0.15) is 26.2 Å². The van der Waals surface area contributed by atoms with Gasteiger partial charge in [0.25, 0.3) is 0 Å². The number of hydrogen-bond acceptors (Lipinski definition) is 1. The normalized spacial score (nSPS) is 28.4. The second-order valence-corrected chi connectivity index (χ2v) is 3.27. The largest absolute Gasteiger partial charge is 0.303 e. The fourth-order valence-corrected chi connectivity index (χ4v) is 1.29. The van der Waals surface area contributed by atoms with Crippen LogP contribution in [0, 0.1) is 0 Å². The molecule has 0 spiro atoms. The van der Waals surface area contributed by atoms with Crippen molar-refractivity contribution in [3.05, 3.63) is 11.6 Å². The third-order valence-electron chi connectivity index (χ3n) is 2.11. The first-order valence-electron chi connectivity index (χ1n) is 4.13. The molecule has 1 heterocycles. The highest BCUT2D eigenvalue weighted by atomic mass is 15.1. The molecule has 0 aromatic carbocycles. The van der Waals surface area contributed by atoms with Gasteiger partial charge in [-0.05, 0) is 39.8 Å². The zero-order valence-electron chi connectivity index (χ0n) is 7.06. The molecule has 0 N–H and O–H groups in total. The van der Waals surface area contributed by atoms with Crippen molar-refractivity contribution in [2.24, 2.45) is 0 Å². The summed E-state index contributed by atoms with van der Waals surface area (Å²) in [5.41, 5.74) is 1.56. The Morgan fingerprint density at radius 1 is 1.40 bits per heavy atom. The van der Waals surface area contributed by atoms with Gasteiger partial charge >= 0.3 is 0 Å². The Labute approximate surface area is 63.7 Å². The molecule has 0 aromatic heterocycles. The van der Waals surface area contributed by atoms with E-state index in [1.54, 1.807) is 5.57 Å². The average Bonchev–Trinajstić information content (AvgIpc) is 1.90. The van der Waals surface area contributed by atoms with Crippen molar-refractivity contribution in [3.63, 3.8) is 0 Å². The van der Waals surface area contributed by atoms with Crippen LogP contribution >= 0.6 is 0 Å². The molecule has 1 rings (SSSR count). The lowest BCUT2D eigenvalue weighted by atomic mass is 10.1. The fraction of sp³-hybridized carbons (Fsp3) is 0.778. The highest BCUT2D eigenvalue weighted by Gasteiger charge is 2.00. The van der Waals surface area contributed by atoms with Gasteiger partial charge in [0.15, 0.2) is 0 Å². The van der Waals surface area contributed by atoms with E-state index in [0.29, 0.717) is 0 Å². The molecule has 1 nitrogen and oxygen atoms in total. The summed E-state index contributed by atoms with van der Waals surface area (Å²) in [7, 11) is 2.19. The maximum atomic E-state index is 2.38. The van der Waals surface area contributed by atoms with Crippen LogP contribution < -0.4 is 0 Å². The summed E-state index contributed by atoms with van der Waals surface area (Å²) >= 11 is 0. The smallest absolute Gasteiger partial charge is 0.0162 e. The molecule has 0 atom stereocenters. The van der Waals surface area contributed by atoms with E-state index in [1.165, 1.54) is 25.8 Å². The minimum atomic E-state index is 1.14. The first-order chi connectivity index (χ1) is 4.79. The van der Waals surface area contributed by atoms with Crippen LogP contribution in [0.3, 0.4) is 0 Å². The summed E-state index contributed by atoms with van der Waals surface area (Å²) < 4.78 is 0. The third-order valence-corrected chi connectivity index (χ3v) is 2.11. The van der Waals surface area contributed by atoms with Crippen molar-refractivity contribution in [2.75, 3.05) is 20.1 Å². The Hall–Kier alpha value is -0.300. The maximum absolute atomic E-state index is 2.38. The van der Waals surface area contributed by atoms with Crippen molar-refractivity contribution in [3.8, 4) is 0 Å². The van der Waals surface area contributed by atoms with Crippen molar-refractivity contribution in [1.29, 1.82) is 0 Å². The second-order valence-electron chi connectivity index (χ2n) is 3.27. The summed E-state index contributed by atoms with van der Waals surface area (Å²) in [6.07, 6.45) is 6.39. The number of likely N-dealkylation sites (N-methyl/N-ethyl adjacent to an activating group) is 1. The van der Waals surface area contributed by atoms with Crippen LogP contribution in [0.4, 0.5) is 0 Å². The van der Waals surface area contributed by atoms with E-state index in [9.17, 15) is 0 Å². The van der Waals surface area contributed by atoms with Crippen LogP contribution in [0.5, 0.6) is 0 Å². The van der Waals surface area contributed by atoms with Gasteiger partial charge in [-0.1, -0.05) is 11.6 Å². The van der Waals surface area contributed by atoms with Gasteiger partial charge in [0, 0.05) is 6.54 Å². The molecule has 0 aliphatic carbocycles. The van der Waals surface area contributed by atoms with E-state index >= 15 is 0 Å². The molecule has 0 bridgehead atoms. The Kier molecular flexibility index (Phi) is 2.94. The summed E-state index contributed by atoms with van der Waals surface area (Å²) in [5.74, 6) is 0. The highest BCUT2D eigenvalue weighted by Crippen LogP contribution is 2.09. The van der Waals surface area contributed by atoms with Crippen molar-refractivity contribution in [2.45, 2.75) is 26.2 Å². The monoisotopic (exact) mass is 139 g/mol. The molecule has 0 fully saturated rings. The molecular weight excluding hydrogens is 122 g/mol. The van der Waals surface area contributed by atoms with Gasteiger partial charge in [0.2, 0.25) is 0 Å². The topological polar surface area (TPSA) is 3.24 Å². The molecule has 1 aliphatic rings. The Balaban J connectivity index is 2.42. The van der Waals surface area contributed by atoms with E-state index in [-0.39, 0.29) is 0 Å². The van der Waals surface area contributed by atoms with Crippen LogP contribution in [-0.2, 0) is 0 Å². The maximum Gasteiger partial charge on any atom is 0.0162 e. The van der Waals surface area contributed by atoms with Crippen molar-refractivity contribution >= 4 is 0 Å². The molecule has 0 aromatic rings. The van der Waals surface area contributed by atoms with Crippen LogP contribution in [0.25, 0.3) is 0 Å². The van der Waals surface area contributed by atoms with E-state index in [4.69, 9.17) is 0 Å². The van der Waals surface area contributed by atoms with Crippen LogP contribution in [-0.4, -0.2) is 25.0 Å².